The molecule has 2 aliphatic heterocycles. The van der Waals surface area contributed by atoms with Crippen LogP contribution in [0.5, 0.6) is 0 Å². The highest BCUT2D eigenvalue weighted by molar-refractivity contribution is 6.30. The summed E-state index contributed by atoms with van der Waals surface area (Å²) < 4.78 is 10.8. The van der Waals surface area contributed by atoms with Crippen LogP contribution in [-0.4, -0.2) is 83.4 Å². The highest BCUT2D eigenvalue weighted by atomic mass is 35.5. The van der Waals surface area contributed by atoms with Crippen molar-refractivity contribution in [2.45, 2.75) is 90.8 Å². The molecule has 6 amide bonds. The summed E-state index contributed by atoms with van der Waals surface area (Å²) in [6, 6.07) is 46.4. The SMILES string of the molecule is O=C(CCCCNC(=O)c1cc2c(cc1C(=O)NCCc1ccc(Cl)cc1)CN(C(=O)c1cccc(C(=O)N3Cc4cc(C(=O)NCCCCC(=O)OCc5ccccc5)c(C(=O)NCCc5ccc(Cl)cc5)cc4C3)c1)C2)OCc1ccccc1. The first-order valence-electron chi connectivity index (χ1n) is 28.8. The number of rotatable bonds is 26. The summed E-state index contributed by atoms with van der Waals surface area (Å²) in [5.74, 6) is -3.29. The first-order chi connectivity index (χ1) is 41.7. The molecule has 16 nitrogen and oxygen atoms in total. The molecular formula is C68H66Cl2N6O10. The van der Waals surface area contributed by atoms with Crippen molar-refractivity contribution in [3.8, 4) is 0 Å². The van der Waals surface area contributed by atoms with Crippen molar-refractivity contribution >= 4 is 70.6 Å². The van der Waals surface area contributed by atoms with Gasteiger partial charge >= 0.3 is 11.9 Å². The number of halogens is 2. The van der Waals surface area contributed by atoms with E-state index in [9.17, 15) is 38.4 Å². The van der Waals surface area contributed by atoms with Crippen LogP contribution in [0.15, 0.2) is 158 Å². The zero-order chi connectivity index (χ0) is 60.4. The molecule has 0 atom stereocenters. The van der Waals surface area contributed by atoms with Gasteiger partial charge in [0.2, 0.25) is 0 Å². The van der Waals surface area contributed by atoms with Crippen molar-refractivity contribution in [1.29, 1.82) is 0 Å². The second-order valence-corrected chi connectivity index (χ2v) is 22.1. The second-order valence-electron chi connectivity index (χ2n) is 21.2. The zero-order valence-corrected chi connectivity index (χ0v) is 49.0. The molecule has 7 aromatic rings. The predicted octanol–water partition coefficient (Wildman–Crippen LogP) is 10.5. The number of nitrogens with one attached hydrogen (secondary N) is 4. The number of carbonyl (C=O) groups is 8. The van der Waals surface area contributed by atoms with Crippen molar-refractivity contribution in [3.05, 3.63) is 246 Å². The third-order valence-corrected chi connectivity index (χ3v) is 15.4. The van der Waals surface area contributed by atoms with Crippen LogP contribution in [0.25, 0.3) is 0 Å². The second kappa shape index (κ2) is 30.1. The fraction of sp³-hybridized carbons (Fsp3) is 0.265. The van der Waals surface area contributed by atoms with E-state index in [-0.39, 0.29) is 136 Å². The van der Waals surface area contributed by atoms with E-state index in [1.54, 1.807) is 82.6 Å². The third kappa shape index (κ3) is 17.0. The number of hydrogen-bond donors (Lipinski definition) is 4. The Morgan fingerprint density at radius 3 is 1.06 bits per heavy atom. The first-order valence-corrected chi connectivity index (χ1v) is 29.5. The number of amides is 6. The third-order valence-electron chi connectivity index (χ3n) is 14.9. The highest BCUT2D eigenvalue weighted by Gasteiger charge is 2.32. The van der Waals surface area contributed by atoms with Crippen LogP contribution < -0.4 is 21.3 Å². The van der Waals surface area contributed by atoms with Crippen LogP contribution in [0.1, 0.15) is 145 Å². The molecule has 0 bridgehead atoms. The molecule has 442 valence electrons. The van der Waals surface area contributed by atoms with E-state index in [0.29, 0.717) is 70.8 Å². The van der Waals surface area contributed by atoms with Gasteiger partial charge in [0, 0.05) is 86.4 Å². The highest BCUT2D eigenvalue weighted by Crippen LogP contribution is 2.31. The van der Waals surface area contributed by atoms with Gasteiger partial charge < -0.3 is 40.5 Å². The molecule has 0 radical (unpaired) electrons. The lowest BCUT2D eigenvalue weighted by molar-refractivity contribution is -0.146. The van der Waals surface area contributed by atoms with Crippen molar-refractivity contribution in [1.82, 2.24) is 31.1 Å². The average molecular weight is 1200 g/mol. The van der Waals surface area contributed by atoms with Crippen molar-refractivity contribution in [2.75, 3.05) is 26.2 Å². The number of carbonyl (C=O) groups excluding carboxylic acids is 8. The van der Waals surface area contributed by atoms with Gasteiger partial charge in [-0.25, -0.2) is 0 Å². The molecule has 2 aliphatic rings. The Morgan fingerprint density at radius 2 is 0.709 bits per heavy atom. The molecule has 2 heterocycles. The quantitative estimate of drug-likeness (QED) is 0.0298. The van der Waals surface area contributed by atoms with Gasteiger partial charge in [-0.1, -0.05) is 114 Å². The first kappa shape index (κ1) is 61.4. The van der Waals surface area contributed by atoms with E-state index in [2.05, 4.69) is 21.3 Å². The van der Waals surface area contributed by atoms with E-state index in [1.165, 1.54) is 0 Å². The summed E-state index contributed by atoms with van der Waals surface area (Å²) in [4.78, 5) is 112. The number of hydrogen-bond acceptors (Lipinski definition) is 10. The number of ether oxygens (including phenoxy) is 2. The molecule has 0 spiro atoms. The van der Waals surface area contributed by atoms with E-state index in [1.807, 2.05) is 84.9 Å². The van der Waals surface area contributed by atoms with Crippen LogP contribution >= 0.6 is 23.2 Å². The molecule has 0 unspecified atom stereocenters. The number of benzene rings is 7. The van der Waals surface area contributed by atoms with Crippen molar-refractivity contribution in [2.24, 2.45) is 0 Å². The van der Waals surface area contributed by atoms with Gasteiger partial charge in [-0.15, -0.1) is 0 Å². The molecule has 0 aliphatic carbocycles. The molecule has 4 N–H and O–H groups in total. The van der Waals surface area contributed by atoms with Gasteiger partial charge in [0.25, 0.3) is 35.4 Å². The smallest absolute Gasteiger partial charge is 0.306 e. The van der Waals surface area contributed by atoms with Crippen LogP contribution in [-0.2, 0) is 71.3 Å². The molecule has 0 saturated carbocycles. The summed E-state index contributed by atoms with van der Waals surface area (Å²) in [5, 5.41) is 12.9. The summed E-state index contributed by atoms with van der Waals surface area (Å²) in [7, 11) is 0. The van der Waals surface area contributed by atoms with E-state index >= 15 is 0 Å². The fourth-order valence-electron chi connectivity index (χ4n) is 10.2. The average Bonchev–Trinajstić information content (AvgIpc) is 2.03. The van der Waals surface area contributed by atoms with E-state index in [4.69, 9.17) is 32.7 Å². The summed E-state index contributed by atoms with van der Waals surface area (Å²) in [5.41, 5.74) is 7.53. The molecule has 7 aromatic carbocycles. The summed E-state index contributed by atoms with van der Waals surface area (Å²) >= 11 is 12.2. The lowest BCUT2D eigenvalue weighted by Gasteiger charge is -2.18. The minimum atomic E-state index is -0.478. The molecule has 86 heavy (non-hydrogen) atoms. The Kier molecular flexibility index (Phi) is 21.5. The Hall–Kier alpha value is -9.12. The topological polar surface area (TPSA) is 210 Å². The number of esters is 2. The van der Waals surface area contributed by atoms with Gasteiger partial charge in [0.1, 0.15) is 13.2 Å². The maximum atomic E-state index is 14.4. The Labute approximate surface area is 509 Å². The Bertz CT molecular complexity index is 3370. The Morgan fingerprint density at radius 1 is 0.372 bits per heavy atom. The van der Waals surface area contributed by atoms with Crippen LogP contribution in [0, 0.1) is 0 Å². The lowest BCUT2D eigenvalue weighted by atomic mass is 9.98. The molecule has 9 rings (SSSR count). The van der Waals surface area contributed by atoms with Gasteiger partial charge in [-0.05, 0) is 150 Å². The minimum absolute atomic E-state index is 0.133. The molecular weight excluding hydrogens is 1130 g/mol. The van der Waals surface area contributed by atoms with Gasteiger partial charge in [0.15, 0.2) is 0 Å². The zero-order valence-electron chi connectivity index (χ0n) is 47.5. The normalized spacial score (nSPS) is 12.2. The Balaban J connectivity index is 0.837. The fourth-order valence-corrected chi connectivity index (χ4v) is 10.5. The standard InChI is InChI=1S/C68H66Cl2N6O10/c69-55-24-20-45(21-25-55)28-32-73-65(81)59-37-53-41-75(39-51(53)35-57(59)63(79)71-30-9-7-18-61(77)85-43-47-12-3-1-4-13-47)67(83)49-16-11-17-50(34-49)68(84)76-40-52-36-58(64(80)72-31-10-8-19-62(78)86-44-48-14-5-2-6-15-48)60(38-54(52)42-76)66(82)74-33-29-46-22-26-56(70)27-23-46/h1-6,11-17,20-27,34-38H,7-10,18-19,28-33,39-44H2,(H,71,79)(H,72,80)(H,73,81)(H,74,82). The van der Waals surface area contributed by atoms with Crippen molar-refractivity contribution in [3.63, 3.8) is 0 Å². The van der Waals surface area contributed by atoms with E-state index in [0.717, 1.165) is 22.3 Å². The van der Waals surface area contributed by atoms with Crippen LogP contribution in [0.4, 0.5) is 0 Å². The molecule has 0 fully saturated rings. The number of nitrogens with zero attached hydrogens (tertiary/aromatic N) is 2. The summed E-state index contributed by atoms with van der Waals surface area (Å²) in [6.45, 7) is 1.94. The molecule has 18 heteroatoms. The maximum Gasteiger partial charge on any atom is 0.306 e. The maximum absolute atomic E-state index is 14.4. The number of fused-ring (bicyclic) bond motifs is 2. The van der Waals surface area contributed by atoms with E-state index < -0.39 is 23.6 Å². The van der Waals surface area contributed by atoms with Gasteiger partial charge in [-0.3, -0.25) is 38.4 Å². The monoisotopic (exact) mass is 1200 g/mol. The summed E-state index contributed by atoms with van der Waals surface area (Å²) in [6.07, 6.45) is 3.31. The minimum Gasteiger partial charge on any atom is -0.461 e. The number of unbranched alkanes of at least 4 members (excludes halogenated alkanes) is 2. The molecule has 0 saturated heterocycles. The predicted molar refractivity (Wildman–Crippen MR) is 326 cm³/mol. The van der Waals surface area contributed by atoms with Crippen molar-refractivity contribution < 1.29 is 47.8 Å². The lowest BCUT2D eigenvalue weighted by Crippen LogP contribution is -2.31. The van der Waals surface area contributed by atoms with Crippen LogP contribution in [0.3, 0.4) is 0 Å². The van der Waals surface area contributed by atoms with Gasteiger partial charge in [0.05, 0.1) is 22.3 Å². The molecule has 0 aromatic heterocycles. The van der Waals surface area contributed by atoms with Gasteiger partial charge in [-0.2, -0.15) is 0 Å². The largest absolute Gasteiger partial charge is 0.461 e. The van der Waals surface area contributed by atoms with Crippen LogP contribution in [0.2, 0.25) is 10.0 Å².